The van der Waals surface area contributed by atoms with Crippen LogP contribution in [-0.4, -0.2) is 34.6 Å². The minimum Gasteiger partial charge on any atom is -0.382 e. The first kappa shape index (κ1) is 21.0. The Balaban J connectivity index is 1.65. The second-order valence-electron chi connectivity index (χ2n) is 7.52. The zero-order valence-electron chi connectivity index (χ0n) is 16.8. The van der Waals surface area contributed by atoms with E-state index in [0.29, 0.717) is 23.6 Å². The Kier molecular flexibility index (Phi) is 5.75. The smallest absolute Gasteiger partial charge is 0.382 e. The third kappa shape index (κ3) is 4.76. The van der Waals surface area contributed by atoms with Gasteiger partial charge in [-0.3, -0.25) is 9.97 Å². The highest BCUT2D eigenvalue weighted by molar-refractivity contribution is 5.72. The molecular weight excluding hydrogens is 410 g/mol. The second-order valence-corrected chi connectivity index (χ2v) is 7.52. The summed E-state index contributed by atoms with van der Waals surface area (Å²) in [6, 6.07) is 9.11. The van der Waals surface area contributed by atoms with Crippen molar-refractivity contribution >= 4 is 11.5 Å². The van der Waals surface area contributed by atoms with Crippen molar-refractivity contribution in [3.05, 3.63) is 66.0 Å². The molecule has 0 bridgehead atoms. The third-order valence-electron chi connectivity index (χ3n) is 5.19. The Labute approximate surface area is 177 Å². The second kappa shape index (κ2) is 8.49. The van der Waals surface area contributed by atoms with E-state index < -0.39 is 11.9 Å². The van der Waals surface area contributed by atoms with E-state index in [-0.39, 0.29) is 11.7 Å². The molecule has 31 heavy (non-hydrogen) atoms. The molecule has 1 aliphatic heterocycles. The molecule has 0 fully saturated rings. The van der Waals surface area contributed by atoms with Crippen LogP contribution in [0.4, 0.5) is 29.1 Å². The average molecular weight is 431 g/mol. The van der Waals surface area contributed by atoms with Gasteiger partial charge in [-0.2, -0.15) is 13.2 Å². The molecule has 5 nitrogen and oxygen atoms in total. The van der Waals surface area contributed by atoms with Gasteiger partial charge in [-0.05, 0) is 42.8 Å². The summed E-state index contributed by atoms with van der Waals surface area (Å²) in [6.45, 7) is 4.09. The molecule has 0 aromatic carbocycles. The first-order valence-electron chi connectivity index (χ1n) is 9.96. The van der Waals surface area contributed by atoms with Crippen LogP contribution >= 0.6 is 0 Å². The zero-order valence-corrected chi connectivity index (χ0v) is 16.8. The van der Waals surface area contributed by atoms with Crippen molar-refractivity contribution < 1.29 is 17.6 Å². The lowest BCUT2D eigenvalue weighted by Gasteiger charge is -2.27. The predicted molar refractivity (Wildman–Crippen MR) is 110 cm³/mol. The van der Waals surface area contributed by atoms with Gasteiger partial charge in [-0.25, -0.2) is 9.37 Å². The molecule has 0 radical (unpaired) electrons. The summed E-state index contributed by atoms with van der Waals surface area (Å²) in [5.74, 6) is 0.297. The van der Waals surface area contributed by atoms with Crippen LogP contribution in [-0.2, 0) is 6.18 Å². The van der Waals surface area contributed by atoms with Crippen LogP contribution in [0.5, 0.6) is 0 Å². The number of fused-ring (bicyclic) bond motifs is 1. The number of alkyl halides is 3. The summed E-state index contributed by atoms with van der Waals surface area (Å²) in [4.78, 5) is 14.4. The lowest BCUT2D eigenvalue weighted by molar-refractivity contribution is -0.141. The van der Waals surface area contributed by atoms with Crippen molar-refractivity contribution in [2.75, 3.05) is 29.9 Å². The van der Waals surface area contributed by atoms with Crippen molar-refractivity contribution in [3.63, 3.8) is 0 Å². The number of nitrogens with one attached hydrogen (secondary N) is 1. The highest BCUT2D eigenvalue weighted by Crippen LogP contribution is 2.33. The van der Waals surface area contributed by atoms with E-state index in [0.717, 1.165) is 43.2 Å². The van der Waals surface area contributed by atoms with Crippen molar-refractivity contribution in [2.45, 2.75) is 25.4 Å². The van der Waals surface area contributed by atoms with Gasteiger partial charge in [0.25, 0.3) is 0 Å². The fourth-order valence-corrected chi connectivity index (χ4v) is 3.61. The number of aromatic nitrogens is 3. The van der Waals surface area contributed by atoms with Gasteiger partial charge in [0, 0.05) is 43.0 Å². The summed E-state index contributed by atoms with van der Waals surface area (Å²) < 4.78 is 52.4. The van der Waals surface area contributed by atoms with E-state index >= 15 is 0 Å². The molecule has 1 N–H and O–H groups in total. The number of anilines is 2. The lowest BCUT2D eigenvalue weighted by Crippen LogP contribution is -2.29. The van der Waals surface area contributed by atoms with Crippen LogP contribution in [0, 0.1) is 5.82 Å². The number of halogens is 4. The minimum atomic E-state index is -4.52. The Morgan fingerprint density at radius 1 is 1.13 bits per heavy atom. The molecule has 3 aromatic heterocycles. The summed E-state index contributed by atoms with van der Waals surface area (Å²) in [6.07, 6.45) is -1.30. The molecular formula is C22H21F4N5. The van der Waals surface area contributed by atoms with Crippen LogP contribution in [0.1, 0.15) is 30.7 Å². The van der Waals surface area contributed by atoms with E-state index in [1.54, 1.807) is 12.1 Å². The van der Waals surface area contributed by atoms with Crippen LogP contribution in [0.25, 0.3) is 11.3 Å². The molecule has 0 saturated heterocycles. The quantitative estimate of drug-likeness (QED) is 0.581. The largest absolute Gasteiger partial charge is 0.433 e. The van der Waals surface area contributed by atoms with Gasteiger partial charge in [-0.15, -0.1) is 0 Å². The first-order valence-corrected chi connectivity index (χ1v) is 9.96. The molecule has 9 heteroatoms. The maximum atomic E-state index is 13.2. The standard InChI is InChI=1S/C22H21F4N5/c1-14(17-4-3-16(23)12-29-17)13-31-10-2-8-27-19-6-5-18(30-21(19)31)15-7-9-28-20(11-15)22(24,25)26/h3-7,9,11-12,14,27H,2,8,10,13H2,1H3. The van der Waals surface area contributed by atoms with Crippen molar-refractivity contribution in [3.8, 4) is 11.3 Å². The number of rotatable bonds is 4. The van der Waals surface area contributed by atoms with Gasteiger partial charge in [-0.1, -0.05) is 6.92 Å². The van der Waals surface area contributed by atoms with Gasteiger partial charge in [0.1, 0.15) is 11.5 Å². The first-order chi connectivity index (χ1) is 14.8. The molecule has 0 saturated carbocycles. The molecule has 0 spiro atoms. The predicted octanol–water partition coefficient (Wildman–Crippen LogP) is 5.12. The van der Waals surface area contributed by atoms with Gasteiger partial charge in [0.2, 0.25) is 0 Å². The van der Waals surface area contributed by atoms with E-state index in [2.05, 4.69) is 20.2 Å². The number of pyridine rings is 3. The summed E-state index contributed by atoms with van der Waals surface area (Å²) in [5, 5.41) is 3.33. The minimum absolute atomic E-state index is 0.00904. The lowest BCUT2D eigenvalue weighted by atomic mass is 10.1. The van der Waals surface area contributed by atoms with Crippen molar-refractivity contribution in [2.24, 2.45) is 0 Å². The van der Waals surface area contributed by atoms with Gasteiger partial charge < -0.3 is 10.2 Å². The Bertz CT molecular complexity index is 1050. The van der Waals surface area contributed by atoms with E-state index in [1.165, 1.54) is 18.3 Å². The molecule has 4 rings (SSSR count). The highest BCUT2D eigenvalue weighted by Gasteiger charge is 2.32. The van der Waals surface area contributed by atoms with Crippen LogP contribution in [0.2, 0.25) is 0 Å². The molecule has 0 amide bonds. The molecule has 4 heterocycles. The van der Waals surface area contributed by atoms with Gasteiger partial charge >= 0.3 is 6.18 Å². The number of hydrogen-bond acceptors (Lipinski definition) is 5. The monoisotopic (exact) mass is 431 g/mol. The zero-order chi connectivity index (χ0) is 22.0. The van der Waals surface area contributed by atoms with Crippen LogP contribution < -0.4 is 10.2 Å². The molecule has 1 unspecified atom stereocenters. The maximum Gasteiger partial charge on any atom is 0.433 e. The van der Waals surface area contributed by atoms with E-state index in [4.69, 9.17) is 4.98 Å². The SMILES string of the molecule is CC(CN1CCCNc2ccc(-c3ccnc(C(F)(F)F)c3)nc21)c1ccc(F)cn1. The van der Waals surface area contributed by atoms with Crippen LogP contribution in [0.15, 0.2) is 48.8 Å². The average Bonchev–Trinajstić information content (AvgIpc) is 2.95. The van der Waals surface area contributed by atoms with E-state index in [9.17, 15) is 17.6 Å². The molecule has 3 aromatic rings. The Hall–Kier alpha value is -3.23. The molecule has 1 atom stereocenters. The molecule has 162 valence electrons. The van der Waals surface area contributed by atoms with E-state index in [1.807, 2.05) is 13.0 Å². The summed E-state index contributed by atoms with van der Waals surface area (Å²) >= 11 is 0. The molecule has 1 aliphatic rings. The molecule has 0 aliphatic carbocycles. The summed E-state index contributed by atoms with van der Waals surface area (Å²) in [7, 11) is 0. The van der Waals surface area contributed by atoms with Crippen LogP contribution in [0.3, 0.4) is 0 Å². The fourth-order valence-electron chi connectivity index (χ4n) is 3.61. The van der Waals surface area contributed by atoms with Gasteiger partial charge in [0.05, 0.1) is 17.6 Å². The van der Waals surface area contributed by atoms with Crippen molar-refractivity contribution in [1.29, 1.82) is 0 Å². The Morgan fingerprint density at radius 2 is 1.97 bits per heavy atom. The highest BCUT2D eigenvalue weighted by atomic mass is 19.4. The maximum absolute atomic E-state index is 13.2. The Morgan fingerprint density at radius 3 is 2.71 bits per heavy atom. The van der Waals surface area contributed by atoms with Gasteiger partial charge in [0.15, 0.2) is 5.82 Å². The number of hydrogen-bond donors (Lipinski definition) is 1. The van der Waals surface area contributed by atoms with Crippen molar-refractivity contribution in [1.82, 2.24) is 15.0 Å². The fraction of sp³-hybridized carbons (Fsp3) is 0.318. The number of nitrogens with zero attached hydrogens (tertiary/aromatic N) is 4. The topological polar surface area (TPSA) is 53.9 Å². The normalized spacial score (nSPS) is 15.1. The third-order valence-corrected chi connectivity index (χ3v) is 5.19. The summed E-state index contributed by atoms with van der Waals surface area (Å²) in [5.41, 5.74) is 1.43.